The molecule has 1 aromatic carbocycles. The molecule has 0 saturated heterocycles. The van der Waals surface area contributed by atoms with Gasteiger partial charge in [-0.3, -0.25) is 0 Å². The van der Waals surface area contributed by atoms with Crippen LogP contribution in [0.5, 0.6) is 0 Å². The standard InChI is InChI=1S/C11H9N2/c1-2-6-10(7-3-1)13-11-8-4-5-9-12-11/h1-7,9H,(H,12,13). The first-order chi connectivity index (χ1) is 6.45. The van der Waals surface area contributed by atoms with Gasteiger partial charge in [0.25, 0.3) is 0 Å². The number of aromatic nitrogens is 1. The van der Waals surface area contributed by atoms with E-state index in [1.165, 1.54) is 0 Å². The van der Waals surface area contributed by atoms with Crippen molar-refractivity contribution in [3.05, 3.63) is 54.7 Å². The molecule has 63 valence electrons. The molecule has 1 heterocycles. The Labute approximate surface area is 77.3 Å². The van der Waals surface area contributed by atoms with Crippen LogP contribution in [0.15, 0.2) is 48.7 Å². The van der Waals surface area contributed by atoms with Crippen LogP contribution in [0.25, 0.3) is 0 Å². The van der Waals surface area contributed by atoms with E-state index in [1.54, 1.807) is 6.20 Å². The molecule has 0 fully saturated rings. The van der Waals surface area contributed by atoms with Gasteiger partial charge in [0.05, 0.1) is 0 Å². The molecular formula is C11H9N2. The van der Waals surface area contributed by atoms with Gasteiger partial charge in [-0.05, 0) is 24.3 Å². The monoisotopic (exact) mass is 169 g/mol. The Morgan fingerprint density at radius 3 is 2.62 bits per heavy atom. The first-order valence-electron chi connectivity index (χ1n) is 4.10. The van der Waals surface area contributed by atoms with Gasteiger partial charge >= 0.3 is 0 Å². The van der Waals surface area contributed by atoms with Crippen LogP contribution in [0.3, 0.4) is 0 Å². The number of benzene rings is 1. The van der Waals surface area contributed by atoms with E-state index >= 15 is 0 Å². The molecule has 2 nitrogen and oxygen atoms in total. The van der Waals surface area contributed by atoms with E-state index in [-0.39, 0.29) is 0 Å². The van der Waals surface area contributed by atoms with Crippen LogP contribution in [-0.2, 0) is 0 Å². The molecule has 0 aliphatic rings. The van der Waals surface area contributed by atoms with Crippen molar-refractivity contribution in [3.63, 3.8) is 0 Å². The number of hydrogen-bond acceptors (Lipinski definition) is 2. The van der Waals surface area contributed by atoms with Crippen molar-refractivity contribution in [3.8, 4) is 0 Å². The van der Waals surface area contributed by atoms with Crippen LogP contribution >= 0.6 is 0 Å². The largest absolute Gasteiger partial charge is 0.340 e. The van der Waals surface area contributed by atoms with E-state index in [9.17, 15) is 0 Å². The van der Waals surface area contributed by atoms with Crippen LogP contribution < -0.4 is 5.32 Å². The van der Waals surface area contributed by atoms with Crippen molar-refractivity contribution in [1.29, 1.82) is 0 Å². The Hall–Kier alpha value is -1.83. The number of nitrogens with zero attached hydrogens (tertiary/aromatic N) is 1. The Morgan fingerprint density at radius 1 is 1.08 bits per heavy atom. The molecule has 2 heteroatoms. The second-order valence-corrected chi connectivity index (χ2v) is 2.62. The van der Waals surface area contributed by atoms with E-state index in [2.05, 4.69) is 16.4 Å². The van der Waals surface area contributed by atoms with Crippen molar-refractivity contribution in [2.24, 2.45) is 0 Å². The van der Waals surface area contributed by atoms with Gasteiger partial charge in [-0.2, -0.15) is 0 Å². The molecule has 1 aromatic heterocycles. The van der Waals surface area contributed by atoms with Gasteiger partial charge in [0.2, 0.25) is 0 Å². The highest BCUT2D eigenvalue weighted by Gasteiger charge is 1.91. The number of anilines is 2. The molecule has 13 heavy (non-hydrogen) atoms. The van der Waals surface area contributed by atoms with Gasteiger partial charge in [0.1, 0.15) is 5.82 Å². The van der Waals surface area contributed by atoms with E-state index in [1.807, 2.05) is 42.5 Å². The number of para-hydroxylation sites is 1. The zero-order chi connectivity index (χ0) is 8.93. The molecule has 2 rings (SSSR count). The summed E-state index contributed by atoms with van der Waals surface area (Å²) in [5, 5.41) is 3.14. The minimum atomic E-state index is 0.744. The first-order valence-corrected chi connectivity index (χ1v) is 4.10. The summed E-state index contributed by atoms with van der Waals surface area (Å²) in [7, 11) is 0. The summed E-state index contributed by atoms with van der Waals surface area (Å²) >= 11 is 0. The van der Waals surface area contributed by atoms with Crippen LogP contribution in [-0.4, -0.2) is 4.98 Å². The Balaban J connectivity index is 2.16. The highest BCUT2D eigenvalue weighted by Crippen LogP contribution is 2.11. The third-order valence-electron chi connectivity index (χ3n) is 1.64. The predicted molar refractivity (Wildman–Crippen MR) is 52.8 cm³/mol. The summed E-state index contributed by atoms with van der Waals surface area (Å²) < 4.78 is 0. The Morgan fingerprint density at radius 2 is 1.92 bits per heavy atom. The van der Waals surface area contributed by atoms with Crippen molar-refractivity contribution < 1.29 is 0 Å². The molecule has 1 radical (unpaired) electrons. The summed E-state index contributed by atoms with van der Waals surface area (Å²) in [6, 6.07) is 16.6. The molecule has 0 amide bonds. The molecule has 1 N–H and O–H groups in total. The molecule has 0 aliphatic carbocycles. The molecule has 0 saturated carbocycles. The van der Waals surface area contributed by atoms with E-state index < -0.39 is 0 Å². The number of hydrogen-bond donors (Lipinski definition) is 1. The Kier molecular flexibility index (Phi) is 2.23. The topological polar surface area (TPSA) is 24.9 Å². The van der Waals surface area contributed by atoms with Gasteiger partial charge in [0.15, 0.2) is 0 Å². The maximum absolute atomic E-state index is 4.11. The van der Waals surface area contributed by atoms with E-state index in [0.717, 1.165) is 11.5 Å². The fourth-order valence-corrected chi connectivity index (χ4v) is 1.05. The highest BCUT2D eigenvalue weighted by atomic mass is 15.0. The van der Waals surface area contributed by atoms with Crippen LogP contribution in [0.1, 0.15) is 0 Å². The van der Waals surface area contributed by atoms with Gasteiger partial charge in [0, 0.05) is 18.0 Å². The second kappa shape index (κ2) is 3.72. The molecule has 0 atom stereocenters. The number of rotatable bonds is 2. The van der Waals surface area contributed by atoms with Crippen molar-refractivity contribution >= 4 is 11.5 Å². The van der Waals surface area contributed by atoms with Gasteiger partial charge in [-0.1, -0.05) is 18.2 Å². The summed E-state index contributed by atoms with van der Waals surface area (Å²) in [5.74, 6) is 0.744. The minimum Gasteiger partial charge on any atom is -0.340 e. The zero-order valence-corrected chi connectivity index (χ0v) is 7.07. The second-order valence-electron chi connectivity index (χ2n) is 2.62. The first kappa shape index (κ1) is 7.80. The summed E-state index contributed by atoms with van der Waals surface area (Å²) in [6.07, 6.45) is 1.74. The summed E-state index contributed by atoms with van der Waals surface area (Å²) in [4.78, 5) is 4.11. The van der Waals surface area contributed by atoms with Gasteiger partial charge in [-0.15, -0.1) is 0 Å². The fourth-order valence-electron chi connectivity index (χ4n) is 1.05. The van der Waals surface area contributed by atoms with Crippen LogP contribution in [0.2, 0.25) is 0 Å². The van der Waals surface area contributed by atoms with Crippen LogP contribution in [0.4, 0.5) is 11.5 Å². The maximum atomic E-state index is 4.11. The third-order valence-corrected chi connectivity index (χ3v) is 1.64. The molecule has 0 unspecified atom stereocenters. The summed E-state index contributed by atoms with van der Waals surface area (Å²) in [5.41, 5.74) is 1.03. The predicted octanol–water partition coefficient (Wildman–Crippen LogP) is 2.63. The molecule has 0 aliphatic heterocycles. The summed E-state index contributed by atoms with van der Waals surface area (Å²) in [6.45, 7) is 0. The lowest BCUT2D eigenvalue weighted by Gasteiger charge is -2.02. The molecule has 0 bridgehead atoms. The van der Waals surface area contributed by atoms with Crippen molar-refractivity contribution in [2.45, 2.75) is 0 Å². The normalized spacial score (nSPS) is 9.54. The maximum Gasteiger partial charge on any atom is 0.138 e. The lowest BCUT2D eigenvalue weighted by Crippen LogP contribution is -1.91. The number of pyridine rings is 1. The smallest absolute Gasteiger partial charge is 0.138 e. The molecular weight excluding hydrogens is 160 g/mol. The van der Waals surface area contributed by atoms with Crippen molar-refractivity contribution in [2.75, 3.05) is 5.32 Å². The minimum absolute atomic E-state index is 0.744. The Bertz CT molecular complexity index is 319. The highest BCUT2D eigenvalue weighted by molar-refractivity contribution is 5.54. The lowest BCUT2D eigenvalue weighted by molar-refractivity contribution is 1.30. The van der Waals surface area contributed by atoms with Gasteiger partial charge in [-0.25, -0.2) is 4.98 Å². The van der Waals surface area contributed by atoms with E-state index in [4.69, 9.17) is 0 Å². The lowest BCUT2D eigenvalue weighted by atomic mass is 10.3. The SMILES string of the molecule is [c]1cccnc1Nc1ccccc1. The molecule has 0 spiro atoms. The fraction of sp³-hybridized carbons (Fsp3) is 0. The average Bonchev–Trinajstić information content (AvgIpc) is 2.21. The average molecular weight is 169 g/mol. The number of nitrogens with one attached hydrogen (secondary N) is 1. The zero-order valence-electron chi connectivity index (χ0n) is 7.07. The van der Waals surface area contributed by atoms with E-state index in [0.29, 0.717) is 0 Å². The van der Waals surface area contributed by atoms with Gasteiger partial charge < -0.3 is 5.32 Å². The molecule has 2 aromatic rings. The van der Waals surface area contributed by atoms with Crippen molar-refractivity contribution in [1.82, 2.24) is 4.98 Å². The van der Waals surface area contributed by atoms with Crippen LogP contribution in [0, 0.1) is 6.07 Å². The third kappa shape index (κ3) is 2.06. The quantitative estimate of drug-likeness (QED) is 0.747.